The van der Waals surface area contributed by atoms with E-state index in [1.54, 1.807) is 16.9 Å². The maximum absolute atomic E-state index is 12.9. The van der Waals surface area contributed by atoms with E-state index in [2.05, 4.69) is 42.8 Å². The number of nitrogens with one attached hydrogen (secondary N) is 2. The van der Waals surface area contributed by atoms with Crippen molar-refractivity contribution in [2.45, 2.75) is 32.7 Å². The fourth-order valence-corrected chi connectivity index (χ4v) is 3.99. The number of carbonyl (C=O) groups excluding carboxylic acids is 1. The van der Waals surface area contributed by atoms with E-state index >= 15 is 0 Å². The summed E-state index contributed by atoms with van der Waals surface area (Å²) >= 11 is 0. The molecule has 0 aliphatic heterocycles. The lowest BCUT2D eigenvalue weighted by molar-refractivity contribution is 0.0938. The Morgan fingerprint density at radius 3 is 2.67 bits per heavy atom. The molecule has 8 heteroatoms. The Morgan fingerprint density at radius 2 is 1.86 bits per heavy atom. The summed E-state index contributed by atoms with van der Waals surface area (Å²) < 4.78 is 1.66. The Hall–Kier alpha value is -4.59. The number of aromatic nitrogens is 5. The lowest BCUT2D eigenvalue weighted by Gasteiger charge is -2.15. The molecule has 2 aromatic carbocycles. The van der Waals surface area contributed by atoms with E-state index in [4.69, 9.17) is 0 Å². The van der Waals surface area contributed by atoms with Gasteiger partial charge in [-0.25, -0.2) is 4.98 Å². The van der Waals surface area contributed by atoms with Crippen molar-refractivity contribution in [1.29, 1.82) is 0 Å². The number of nitrogens with zero attached hydrogens (tertiary/aromatic N) is 5. The smallest absolute Gasteiger partial charge is 0.254 e. The van der Waals surface area contributed by atoms with Crippen molar-refractivity contribution in [2.75, 3.05) is 5.32 Å². The van der Waals surface area contributed by atoms with E-state index in [9.17, 15) is 4.79 Å². The summed E-state index contributed by atoms with van der Waals surface area (Å²) in [6, 6.07) is 23.4. The monoisotopic (exact) mass is 477 g/mol. The summed E-state index contributed by atoms with van der Waals surface area (Å²) in [6.45, 7) is 3.94. The molecule has 0 saturated heterocycles. The van der Waals surface area contributed by atoms with Crippen molar-refractivity contribution in [3.63, 3.8) is 0 Å². The van der Waals surface area contributed by atoms with Crippen LogP contribution in [0.2, 0.25) is 0 Å². The third kappa shape index (κ3) is 5.38. The predicted octanol–water partition coefficient (Wildman–Crippen LogP) is 4.99. The molecule has 3 heterocycles. The third-order valence-corrected chi connectivity index (χ3v) is 5.84. The Kier molecular flexibility index (Phi) is 6.66. The topological polar surface area (TPSA) is 97.1 Å². The van der Waals surface area contributed by atoms with Crippen LogP contribution in [0.3, 0.4) is 0 Å². The van der Waals surface area contributed by atoms with Gasteiger partial charge < -0.3 is 10.6 Å². The molecule has 0 aliphatic carbocycles. The van der Waals surface area contributed by atoms with Gasteiger partial charge in [0.25, 0.3) is 11.7 Å². The molecule has 3 aromatic heterocycles. The van der Waals surface area contributed by atoms with Crippen molar-refractivity contribution in [3.8, 4) is 11.4 Å². The first-order valence-corrected chi connectivity index (χ1v) is 11.9. The van der Waals surface area contributed by atoms with E-state index in [0.717, 1.165) is 29.8 Å². The van der Waals surface area contributed by atoms with Gasteiger partial charge in [-0.1, -0.05) is 36.4 Å². The minimum absolute atomic E-state index is 0.0536. The molecule has 1 unspecified atom stereocenters. The van der Waals surface area contributed by atoms with Gasteiger partial charge in [0.05, 0.1) is 0 Å². The van der Waals surface area contributed by atoms with Crippen LogP contribution in [0, 0.1) is 6.92 Å². The normalized spacial score (nSPS) is 11.8. The highest BCUT2D eigenvalue weighted by molar-refractivity contribution is 5.95. The van der Waals surface area contributed by atoms with Gasteiger partial charge in [-0.05, 0) is 62.6 Å². The zero-order valence-corrected chi connectivity index (χ0v) is 20.2. The SMILES string of the molecule is Cc1cc(Nc2cccc(C(=O)NC(C)CCc3ccccc3)c2)n2nc(-c3cccnc3)nc2n1. The number of hydrogen-bond donors (Lipinski definition) is 2. The summed E-state index contributed by atoms with van der Waals surface area (Å²) in [5.74, 6) is 1.63. The highest BCUT2D eigenvalue weighted by Crippen LogP contribution is 2.22. The molecule has 0 fully saturated rings. The molecular formula is C28H27N7O. The Labute approximate surface area is 209 Å². The molecule has 36 heavy (non-hydrogen) atoms. The van der Waals surface area contributed by atoms with Crippen molar-refractivity contribution in [3.05, 3.63) is 102 Å². The second-order valence-corrected chi connectivity index (χ2v) is 8.78. The average molecular weight is 478 g/mol. The molecule has 180 valence electrons. The first-order valence-electron chi connectivity index (χ1n) is 11.9. The van der Waals surface area contributed by atoms with Gasteiger partial charge in [-0.2, -0.15) is 9.50 Å². The molecular weight excluding hydrogens is 450 g/mol. The van der Waals surface area contributed by atoms with Gasteiger partial charge in [0.15, 0.2) is 5.82 Å². The Balaban J connectivity index is 1.31. The number of rotatable bonds is 8. The molecule has 1 atom stereocenters. The van der Waals surface area contributed by atoms with Crippen LogP contribution in [-0.2, 0) is 6.42 Å². The number of aryl methyl sites for hydroxylation is 2. The maximum atomic E-state index is 12.9. The third-order valence-electron chi connectivity index (χ3n) is 5.84. The van der Waals surface area contributed by atoms with Crippen LogP contribution in [0.25, 0.3) is 17.2 Å². The lowest BCUT2D eigenvalue weighted by Crippen LogP contribution is -2.32. The fourth-order valence-electron chi connectivity index (χ4n) is 3.99. The van der Waals surface area contributed by atoms with Crippen molar-refractivity contribution in [1.82, 2.24) is 29.9 Å². The summed E-state index contributed by atoms with van der Waals surface area (Å²) in [4.78, 5) is 26.1. The second kappa shape index (κ2) is 10.4. The lowest BCUT2D eigenvalue weighted by atomic mass is 10.1. The average Bonchev–Trinajstić information content (AvgIpc) is 3.33. The molecule has 0 radical (unpaired) electrons. The molecule has 0 aliphatic rings. The fraction of sp³-hybridized carbons (Fsp3) is 0.179. The summed E-state index contributed by atoms with van der Waals surface area (Å²) in [5.41, 5.74) is 4.24. The molecule has 5 aromatic rings. The molecule has 0 bridgehead atoms. The van der Waals surface area contributed by atoms with E-state index in [-0.39, 0.29) is 11.9 Å². The molecule has 8 nitrogen and oxygen atoms in total. The summed E-state index contributed by atoms with van der Waals surface area (Å²) in [7, 11) is 0. The van der Waals surface area contributed by atoms with Gasteiger partial charge in [0.1, 0.15) is 5.82 Å². The summed E-state index contributed by atoms with van der Waals surface area (Å²) in [6.07, 6.45) is 5.22. The highest BCUT2D eigenvalue weighted by Gasteiger charge is 2.14. The quantitative estimate of drug-likeness (QED) is 0.327. The number of benzene rings is 2. The number of hydrogen-bond acceptors (Lipinski definition) is 6. The number of anilines is 2. The zero-order chi connectivity index (χ0) is 24.9. The van der Waals surface area contributed by atoms with Crippen molar-refractivity contribution in [2.24, 2.45) is 0 Å². The van der Waals surface area contributed by atoms with Gasteiger partial charge in [-0.3, -0.25) is 9.78 Å². The van der Waals surface area contributed by atoms with E-state index in [1.165, 1.54) is 5.56 Å². The van der Waals surface area contributed by atoms with Crippen molar-refractivity contribution >= 4 is 23.2 Å². The number of fused-ring (bicyclic) bond motifs is 1. The number of carbonyl (C=O) groups is 1. The minimum Gasteiger partial charge on any atom is -0.350 e. The zero-order valence-electron chi connectivity index (χ0n) is 20.2. The van der Waals surface area contributed by atoms with Crippen LogP contribution < -0.4 is 10.6 Å². The van der Waals surface area contributed by atoms with Crippen LogP contribution in [0.15, 0.2) is 85.2 Å². The van der Waals surface area contributed by atoms with E-state index < -0.39 is 0 Å². The summed E-state index contributed by atoms with van der Waals surface area (Å²) in [5, 5.41) is 11.1. The minimum atomic E-state index is -0.102. The van der Waals surface area contributed by atoms with Crippen LogP contribution in [-0.4, -0.2) is 36.5 Å². The molecule has 2 N–H and O–H groups in total. The first-order chi connectivity index (χ1) is 17.5. The predicted molar refractivity (Wildman–Crippen MR) is 140 cm³/mol. The standard InChI is InChI=1S/C28H27N7O/c1-19(13-14-21-8-4-3-5-9-21)30-27(36)22-10-6-12-24(17-22)32-25-16-20(2)31-28-33-26(34-35(25)28)23-11-7-15-29-18-23/h3-12,15-19,32H,13-14H2,1-2H3,(H,30,36). The van der Waals surface area contributed by atoms with Crippen LogP contribution in [0.5, 0.6) is 0 Å². The maximum Gasteiger partial charge on any atom is 0.254 e. The number of amides is 1. The van der Waals surface area contributed by atoms with Gasteiger partial charge in [0, 0.05) is 47.0 Å². The second-order valence-electron chi connectivity index (χ2n) is 8.78. The van der Waals surface area contributed by atoms with Gasteiger partial charge in [0.2, 0.25) is 0 Å². The molecule has 0 spiro atoms. The van der Waals surface area contributed by atoms with Crippen LogP contribution >= 0.6 is 0 Å². The molecule has 1 amide bonds. The highest BCUT2D eigenvalue weighted by atomic mass is 16.1. The molecule has 5 rings (SSSR count). The van der Waals surface area contributed by atoms with E-state index in [0.29, 0.717) is 23.0 Å². The van der Waals surface area contributed by atoms with Gasteiger partial charge in [-0.15, -0.1) is 5.10 Å². The van der Waals surface area contributed by atoms with Crippen LogP contribution in [0.1, 0.15) is 35.0 Å². The van der Waals surface area contributed by atoms with Gasteiger partial charge >= 0.3 is 0 Å². The largest absolute Gasteiger partial charge is 0.350 e. The van der Waals surface area contributed by atoms with E-state index in [1.807, 2.05) is 74.5 Å². The molecule has 0 saturated carbocycles. The Morgan fingerprint density at radius 1 is 1.00 bits per heavy atom. The Bertz CT molecular complexity index is 1480. The van der Waals surface area contributed by atoms with Crippen molar-refractivity contribution < 1.29 is 4.79 Å². The first kappa shape index (κ1) is 23.2. The van der Waals surface area contributed by atoms with Crippen LogP contribution in [0.4, 0.5) is 11.5 Å². The number of pyridine rings is 1.